The second-order valence-corrected chi connectivity index (χ2v) is 9.11. The number of aryl methyl sites for hydroxylation is 1. The van der Waals surface area contributed by atoms with Crippen LogP contribution in [0.1, 0.15) is 68.3 Å². The van der Waals surface area contributed by atoms with Crippen LogP contribution < -0.4 is 10.3 Å². The summed E-state index contributed by atoms with van der Waals surface area (Å²) < 4.78 is 7.50. The van der Waals surface area contributed by atoms with Crippen molar-refractivity contribution in [2.75, 3.05) is 13.2 Å². The zero-order valence-corrected chi connectivity index (χ0v) is 22.1. The van der Waals surface area contributed by atoms with E-state index in [0.717, 1.165) is 19.3 Å². The molecule has 0 aliphatic rings. The molecular weight excluding hydrogens is 462 g/mol. The van der Waals surface area contributed by atoms with Crippen LogP contribution >= 0.6 is 0 Å². The summed E-state index contributed by atoms with van der Waals surface area (Å²) in [5.41, 5.74) is 2.85. The number of nitrogens with zero attached hydrogens (tertiary/aromatic N) is 3. The Morgan fingerprint density at radius 3 is 2.38 bits per heavy atom. The van der Waals surface area contributed by atoms with Gasteiger partial charge >= 0.3 is 0 Å². The van der Waals surface area contributed by atoms with Crippen molar-refractivity contribution in [3.63, 3.8) is 0 Å². The van der Waals surface area contributed by atoms with Gasteiger partial charge < -0.3 is 9.64 Å². The quantitative estimate of drug-likeness (QED) is 0.256. The Hall–Kier alpha value is -3.93. The van der Waals surface area contributed by atoms with E-state index >= 15 is 0 Å². The summed E-state index contributed by atoms with van der Waals surface area (Å²) in [5, 5.41) is 0.520. The molecule has 6 nitrogen and oxygen atoms in total. The zero-order chi connectivity index (χ0) is 26.4. The molecular formula is C31H35N3O3. The van der Waals surface area contributed by atoms with Crippen LogP contribution in [0.5, 0.6) is 5.75 Å². The van der Waals surface area contributed by atoms with E-state index in [-0.39, 0.29) is 11.5 Å². The van der Waals surface area contributed by atoms with Crippen molar-refractivity contribution < 1.29 is 9.53 Å². The Labute approximate surface area is 218 Å². The Kier molecular flexibility index (Phi) is 8.39. The second kappa shape index (κ2) is 11.9. The highest BCUT2D eigenvalue weighted by atomic mass is 16.5. The lowest BCUT2D eigenvalue weighted by molar-refractivity contribution is 0.0678. The number of amides is 1. The number of carbonyl (C=O) groups is 1. The lowest BCUT2D eigenvalue weighted by atomic mass is 10.1. The van der Waals surface area contributed by atoms with Crippen molar-refractivity contribution in [3.05, 3.63) is 100 Å². The van der Waals surface area contributed by atoms with Gasteiger partial charge in [0, 0.05) is 12.1 Å². The predicted molar refractivity (Wildman–Crippen MR) is 149 cm³/mol. The normalized spacial score (nSPS) is 11.9. The summed E-state index contributed by atoms with van der Waals surface area (Å²) in [5.74, 6) is 1.03. The molecule has 6 heteroatoms. The van der Waals surface area contributed by atoms with Crippen molar-refractivity contribution in [1.82, 2.24) is 14.5 Å². The number of ether oxygens (including phenoxy) is 1. The minimum atomic E-state index is -0.461. The highest BCUT2D eigenvalue weighted by Gasteiger charge is 2.28. The summed E-state index contributed by atoms with van der Waals surface area (Å²) >= 11 is 0. The van der Waals surface area contributed by atoms with Crippen molar-refractivity contribution >= 4 is 16.8 Å². The molecule has 4 rings (SSSR count). The van der Waals surface area contributed by atoms with Gasteiger partial charge in [-0.2, -0.15) is 0 Å². The van der Waals surface area contributed by atoms with Gasteiger partial charge in [0.1, 0.15) is 11.6 Å². The van der Waals surface area contributed by atoms with Crippen LogP contribution in [0.3, 0.4) is 0 Å². The Morgan fingerprint density at radius 2 is 1.68 bits per heavy atom. The van der Waals surface area contributed by atoms with Crippen LogP contribution in [0, 0.1) is 0 Å². The number of hydrogen-bond donors (Lipinski definition) is 0. The molecule has 1 aromatic heterocycles. The van der Waals surface area contributed by atoms with Gasteiger partial charge in [0.15, 0.2) is 0 Å². The number of benzene rings is 3. The molecule has 37 heavy (non-hydrogen) atoms. The predicted octanol–water partition coefficient (Wildman–Crippen LogP) is 6.35. The molecule has 0 fully saturated rings. The fourth-order valence-electron chi connectivity index (χ4n) is 4.57. The Morgan fingerprint density at radius 1 is 0.973 bits per heavy atom. The van der Waals surface area contributed by atoms with Gasteiger partial charge in [-0.3, -0.25) is 14.2 Å². The summed E-state index contributed by atoms with van der Waals surface area (Å²) in [4.78, 5) is 34.5. The zero-order valence-electron chi connectivity index (χ0n) is 22.1. The van der Waals surface area contributed by atoms with E-state index in [1.54, 1.807) is 10.6 Å². The first kappa shape index (κ1) is 26.1. The molecule has 0 saturated heterocycles. The van der Waals surface area contributed by atoms with E-state index in [1.807, 2.05) is 85.5 Å². The Bertz CT molecular complexity index is 1430. The maximum absolute atomic E-state index is 13.9. The van der Waals surface area contributed by atoms with Crippen molar-refractivity contribution in [1.29, 1.82) is 0 Å². The molecule has 0 radical (unpaired) electrons. The first-order valence-corrected chi connectivity index (χ1v) is 13.1. The lowest BCUT2D eigenvalue weighted by Gasteiger charge is -2.31. The Balaban J connectivity index is 1.90. The summed E-state index contributed by atoms with van der Waals surface area (Å²) in [6.07, 6.45) is 2.70. The molecule has 0 aliphatic heterocycles. The summed E-state index contributed by atoms with van der Waals surface area (Å²) in [7, 11) is 0. The molecule has 3 aromatic carbocycles. The van der Waals surface area contributed by atoms with Gasteiger partial charge in [0.25, 0.3) is 11.5 Å². The van der Waals surface area contributed by atoms with Crippen LogP contribution in [0.2, 0.25) is 0 Å². The average molecular weight is 498 g/mol. The number of fused-ring (bicyclic) bond motifs is 1. The minimum Gasteiger partial charge on any atom is -0.492 e. The molecule has 1 heterocycles. The van der Waals surface area contributed by atoms with Crippen molar-refractivity contribution in [2.24, 2.45) is 0 Å². The van der Waals surface area contributed by atoms with E-state index in [2.05, 4.69) is 13.8 Å². The average Bonchev–Trinajstić information content (AvgIpc) is 2.93. The van der Waals surface area contributed by atoms with Gasteiger partial charge in [-0.15, -0.1) is 0 Å². The second-order valence-electron chi connectivity index (χ2n) is 9.11. The van der Waals surface area contributed by atoms with Crippen LogP contribution in [0.25, 0.3) is 16.6 Å². The van der Waals surface area contributed by atoms with Gasteiger partial charge in [-0.25, -0.2) is 4.98 Å². The van der Waals surface area contributed by atoms with Crippen LogP contribution in [0.15, 0.2) is 77.6 Å². The largest absolute Gasteiger partial charge is 0.492 e. The molecule has 1 unspecified atom stereocenters. The van der Waals surface area contributed by atoms with Gasteiger partial charge in [-0.1, -0.05) is 56.7 Å². The minimum absolute atomic E-state index is 0.0735. The SMILES string of the molecule is CCCCN(C(=O)c1ccc(CC)cc1)C(C)c1nc2ccccc2c(=O)n1-c1ccccc1OCC. The molecule has 0 spiro atoms. The number of carbonyl (C=O) groups excluding carboxylic acids is 1. The van der Waals surface area contributed by atoms with E-state index in [1.165, 1.54) is 5.56 Å². The summed E-state index contributed by atoms with van der Waals surface area (Å²) in [6.45, 7) is 9.08. The van der Waals surface area contributed by atoms with E-state index < -0.39 is 6.04 Å². The third-order valence-corrected chi connectivity index (χ3v) is 6.67. The maximum atomic E-state index is 13.9. The highest BCUT2D eigenvalue weighted by Crippen LogP contribution is 2.29. The third kappa shape index (κ3) is 5.43. The summed E-state index contributed by atoms with van der Waals surface area (Å²) in [6, 6.07) is 22.1. The van der Waals surface area contributed by atoms with Crippen LogP contribution in [0.4, 0.5) is 0 Å². The van der Waals surface area contributed by atoms with Crippen molar-refractivity contribution in [2.45, 2.75) is 53.0 Å². The molecule has 0 aliphatic carbocycles. The lowest BCUT2D eigenvalue weighted by Crippen LogP contribution is -2.38. The van der Waals surface area contributed by atoms with Crippen LogP contribution in [-0.4, -0.2) is 33.5 Å². The highest BCUT2D eigenvalue weighted by molar-refractivity contribution is 5.94. The van der Waals surface area contributed by atoms with Crippen LogP contribution in [-0.2, 0) is 6.42 Å². The fraction of sp³-hybridized carbons (Fsp3) is 0.323. The van der Waals surface area contributed by atoms with Gasteiger partial charge in [0.2, 0.25) is 0 Å². The van der Waals surface area contributed by atoms with Gasteiger partial charge in [0.05, 0.1) is 29.2 Å². The monoisotopic (exact) mass is 497 g/mol. The molecule has 1 atom stereocenters. The van der Waals surface area contributed by atoms with E-state index in [4.69, 9.17) is 9.72 Å². The molecule has 0 N–H and O–H groups in total. The topological polar surface area (TPSA) is 64.4 Å². The number of unbranched alkanes of at least 4 members (excludes halogenated alkanes) is 1. The first-order valence-electron chi connectivity index (χ1n) is 13.1. The first-order chi connectivity index (χ1) is 18.0. The van der Waals surface area contributed by atoms with E-state index in [0.29, 0.717) is 46.9 Å². The molecule has 4 aromatic rings. The number of hydrogen-bond acceptors (Lipinski definition) is 4. The smallest absolute Gasteiger partial charge is 0.266 e. The van der Waals surface area contributed by atoms with E-state index in [9.17, 15) is 9.59 Å². The molecule has 0 bridgehead atoms. The maximum Gasteiger partial charge on any atom is 0.266 e. The number of para-hydroxylation sites is 3. The fourth-order valence-corrected chi connectivity index (χ4v) is 4.57. The third-order valence-electron chi connectivity index (χ3n) is 6.67. The van der Waals surface area contributed by atoms with Gasteiger partial charge in [-0.05, 0) is 68.7 Å². The van der Waals surface area contributed by atoms with Crippen molar-refractivity contribution in [3.8, 4) is 11.4 Å². The molecule has 1 amide bonds. The standard InChI is InChI=1S/C31H35N3O3/c1-5-8-21-33(30(35)24-19-17-23(6-2)18-20-24)22(4)29-32-26-14-10-9-13-25(26)31(36)34(29)27-15-11-12-16-28(27)37-7-3/h9-20,22H,5-8,21H2,1-4H3. The molecule has 0 saturated carbocycles. The molecule has 192 valence electrons. The number of rotatable bonds is 10. The number of aromatic nitrogens is 2.